The SMILES string of the molecule is COCC(=O)N1CCN(c2ccc(N3C[C@H](CNC(=S)N(C)C)OC3=O)cc2F)CC1. The fourth-order valence-corrected chi connectivity index (χ4v) is 3.61. The van der Waals surface area contributed by atoms with E-state index in [1.54, 1.807) is 21.9 Å². The molecule has 0 unspecified atom stereocenters. The van der Waals surface area contributed by atoms with Crippen molar-refractivity contribution in [3.63, 3.8) is 0 Å². The smallest absolute Gasteiger partial charge is 0.414 e. The van der Waals surface area contributed by atoms with Gasteiger partial charge in [0, 0.05) is 47.4 Å². The summed E-state index contributed by atoms with van der Waals surface area (Å²) in [5.74, 6) is -0.488. The van der Waals surface area contributed by atoms with Gasteiger partial charge in [-0.3, -0.25) is 9.69 Å². The lowest BCUT2D eigenvalue weighted by atomic mass is 10.2. The Morgan fingerprint density at radius 1 is 1.32 bits per heavy atom. The molecule has 2 fully saturated rings. The van der Waals surface area contributed by atoms with Crippen molar-refractivity contribution in [1.82, 2.24) is 15.1 Å². The Bertz CT molecular complexity index is 832. The van der Waals surface area contributed by atoms with Gasteiger partial charge >= 0.3 is 6.09 Å². The first-order valence-electron chi connectivity index (χ1n) is 10.0. The molecule has 1 aromatic rings. The van der Waals surface area contributed by atoms with E-state index < -0.39 is 11.9 Å². The Morgan fingerprint density at radius 2 is 2.03 bits per heavy atom. The second-order valence-corrected chi connectivity index (χ2v) is 8.02. The van der Waals surface area contributed by atoms with Gasteiger partial charge in [0.25, 0.3) is 0 Å². The van der Waals surface area contributed by atoms with Gasteiger partial charge in [0.1, 0.15) is 18.5 Å². The Balaban J connectivity index is 1.59. The van der Waals surface area contributed by atoms with Crippen molar-refractivity contribution in [2.45, 2.75) is 6.10 Å². The molecule has 9 nitrogen and oxygen atoms in total. The van der Waals surface area contributed by atoms with Crippen LogP contribution in [0.5, 0.6) is 0 Å². The van der Waals surface area contributed by atoms with Crippen molar-refractivity contribution in [3.05, 3.63) is 24.0 Å². The number of carbonyl (C=O) groups is 2. The number of rotatable bonds is 6. The van der Waals surface area contributed by atoms with E-state index in [2.05, 4.69) is 5.32 Å². The minimum absolute atomic E-state index is 0.0481. The molecule has 2 amide bonds. The number of nitrogens with zero attached hydrogens (tertiary/aromatic N) is 4. The van der Waals surface area contributed by atoms with E-state index in [9.17, 15) is 14.0 Å². The van der Waals surface area contributed by atoms with E-state index in [1.807, 2.05) is 19.0 Å². The summed E-state index contributed by atoms with van der Waals surface area (Å²) in [5, 5.41) is 3.59. The van der Waals surface area contributed by atoms with Gasteiger partial charge in [-0.25, -0.2) is 9.18 Å². The van der Waals surface area contributed by atoms with Crippen LogP contribution in [0.4, 0.5) is 20.6 Å². The Labute approximate surface area is 186 Å². The number of nitrogens with one attached hydrogen (secondary N) is 1. The number of hydrogen-bond acceptors (Lipinski definition) is 6. The number of benzene rings is 1. The molecule has 0 saturated carbocycles. The molecular formula is C20H28FN5O4S. The molecule has 0 aliphatic carbocycles. The molecule has 11 heteroatoms. The number of anilines is 2. The highest BCUT2D eigenvalue weighted by atomic mass is 32.1. The maximum Gasteiger partial charge on any atom is 0.414 e. The van der Waals surface area contributed by atoms with Crippen LogP contribution in [0.2, 0.25) is 0 Å². The van der Waals surface area contributed by atoms with Crippen molar-refractivity contribution >= 4 is 40.7 Å². The Morgan fingerprint density at radius 3 is 2.65 bits per heavy atom. The highest BCUT2D eigenvalue weighted by Gasteiger charge is 2.33. The predicted molar refractivity (Wildman–Crippen MR) is 119 cm³/mol. The van der Waals surface area contributed by atoms with Crippen molar-refractivity contribution in [2.75, 3.05) is 76.9 Å². The minimum atomic E-state index is -0.514. The molecule has 2 aliphatic heterocycles. The third-order valence-corrected chi connectivity index (χ3v) is 5.75. The third-order valence-electron chi connectivity index (χ3n) is 5.25. The Kier molecular flexibility index (Phi) is 7.50. The van der Waals surface area contributed by atoms with Crippen LogP contribution in [0, 0.1) is 5.82 Å². The summed E-state index contributed by atoms with van der Waals surface area (Å²) in [6.45, 7) is 2.80. The van der Waals surface area contributed by atoms with Crippen LogP contribution in [0.1, 0.15) is 0 Å². The summed E-state index contributed by atoms with van der Waals surface area (Å²) < 4.78 is 25.1. The number of methoxy groups -OCH3 is 1. The van der Waals surface area contributed by atoms with Crippen LogP contribution in [-0.2, 0) is 14.3 Å². The molecule has 1 atom stereocenters. The van der Waals surface area contributed by atoms with E-state index in [0.717, 1.165) is 0 Å². The third kappa shape index (κ3) is 5.53. The Hall–Kier alpha value is -2.66. The van der Waals surface area contributed by atoms with Crippen LogP contribution in [-0.4, -0.2) is 100 Å². The topological polar surface area (TPSA) is 77.6 Å². The second kappa shape index (κ2) is 10.1. The molecule has 31 heavy (non-hydrogen) atoms. The first-order valence-corrected chi connectivity index (χ1v) is 10.5. The van der Waals surface area contributed by atoms with Gasteiger partial charge in [0.2, 0.25) is 5.91 Å². The lowest BCUT2D eigenvalue weighted by molar-refractivity contribution is -0.135. The molecule has 2 saturated heterocycles. The van der Waals surface area contributed by atoms with Crippen molar-refractivity contribution in [1.29, 1.82) is 0 Å². The summed E-state index contributed by atoms with van der Waals surface area (Å²) in [5.41, 5.74) is 0.891. The molecule has 2 heterocycles. The fourth-order valence-electron chi connectivity index (χ4n) is 3.53. The monoisotopic (exact) mass is 453 g/mol. The van der Waals surface area contributed by atoms with E-state index in [0.29, 0.717) is 55.8 Å². The van der Waals surface area contributed by atoms with Crippen LogP contribution in [0.25, 0.3) is 0 Å². The molecule has 0 aromatic heterocycles. The van der Waals surface area contributed by atoms with Gasteiger partial charge in [0.15, 0.2) is 5.11 Å². The number of halogens is 1. The summed E-state index contributed by atoms with van der Waals surface area (Å²) in [6.07, 6.45) is -0.897. The van der Waals surface area contributed by atoms with E-state index in [4.69, 9.17) is 21.7 Å². The van der Waals surface area contributed by atoms with Gasteiger partial charge < -0.3 is 29.5 Å². The number of hydrogen-bond donors (Lipinski definition) is 1. The second-order valence-electron chi connectivity index (χ2n) is 7.63. The summed E-state index contributed by atoms with van der Waals surface area (Å²) in [6, 6.07) is 4.72. The number of thiocarbonyl (C=S) groups is 1. The maximum atomic E-state index is 14.9. The first-order chi connectivity index (χ1) is 14.8. The normalized spacial score (nSPS) is 18.8. The van der Waals surface area contributed by atoms with E-state index >= 15 is 0 Å². The molecule has 1 aromatic carbocycles. The highest BCUT2D eigenvalue weighted by molar-refractivity contribution is 7.80. The van der Waals surface area contributed by atoms with Gasteiger partial charge in [-0.1, -0.05) is 0 Å². The average molecular weight is 454 g/mol. The largest absolute Gasteiger partial charge is 0.442 e. The molecule has 3 rings (SSSR count). The van der Waals surface area contributed by atoms with Crippen LogP contribution >= 0.6 is 12.2 Å². The van der Waals surface area contributed by atoms with E-state index in [1.165, 1.54) is 18.1 Å². The molecule has 0 bridgehead atoms. The number of ether oxygens (including phenoxy) is 2. The quantitative estimate of drug-likeness (QED) is 0.637. The molecule has 1 N–H and O–H groups in total. The molecular weight excluding hydrogens is 425 g/mol. The average Bonchev–Trinajstić information content (AvgIpc) is 3.12. The number of piperazine rings is 1. The predicted octanol–water partition coefficient (Wildman–Crippen LogP) is 0.882. The van der Waals surface area contributed by atoms with Crippen molar-refractivity contribution < 1.29 is 23.5 Å². The van der Waals surface area contributed by atoms with Gasteiger partial charge in [-0.2, -0.15) is 0 Å². The van der Waals surface area contributed by atoms with E-state index in [-0.39, 0.29) is 18.6 Å². The standard InChI is InChI=1S/C20H28FN5O4S/c1-23(2)19(31)22-11-15-12-26(20(28)30-15)14-4-5-17(16(21)10-14)24-6-8-25(9-7-24)18(27)13-29-3/h4-5,10,15H,6-9,11-13H2,1-3H3,(H,22,31)/t15-/m0/s1. The summed E-state index contributed by atoms with van der Waals surface area (Å²) in [7, 11) is 5.13. The van der Waals surface area contributed by atoms with Gasteiger partial charge in [-0.05, 0) is 30.4 Å². The zero-order valence-electron chi connectivity index (χ0n) is 18.0. The van der Waals surface area contributed by atoms with Crippen molar-refractivity contribution in [2.24, 2.45) is 0 Å². The van der Waals surface area contributed by atoms with Gasteiger partial charge in [0.05, 0.1) is 24.5 Å². The van der Waals surface area contributed by atoms with Crippen molar-refractivity contribution in [3.8, 4) is 0 Å². The maximum absolute atomic E-state index is 14.9. The van der Waals surface area contributed by atoms with Crippen LogP contribution < -0.4 is 15.1 Å². The number of carbonyl (C=O) groups excluding carboxylic acids is 2. The molecule has 0 spiro atoms. The number of amides is 2. The summed E-state index contributed by atoms with van der Waals surface area (Å²) >= 11 is 5.17. The number of cyclic esters (lactones) is 1. The molecule has 2 aliphatic rings. The molecule has 170 valence electrons. The fraction of sp³-hybridized carbons (Fsp3) is 0.550. The zero-order chi connectivity index (χ0) is 22.5. The first kappa shape index (κ1) is 23.0. The molecule has 0 radical (unpaired) electrons. The summed E-state index contributed by atoms with van der Waals surface area (Å²) in [4.78, 5) is 31.0. The highest BCUT2D eigenvalue weighted by Crippen LogP contribution is 2.28. The minimum Gasteiger partial charge on any atom is -0.442 e. The van der Waals surface area contributed by atoms with Crippen LogP contribution in [0.15, 0.2) is 18.2 Å². The van der Waals surface area contributed by atoms with Gasteiger partial charge in [-0.15, -0.1) is 0 Å². The lowest BCUT2D eigenvalue weighted by Gasteiger charge is -2.36. The lowest BCUT2D eigenvalue weighted by Crippen LogP contribution is -2.50. The van der Waals surface area contributed by atoms with Crippen LogP contribution in [0.3, 0.4) is 0 Å². The zero-order valence-corrected chi connectivity index (χ0v) is 18.8.